The van der Waals surface area contributed by atoms with Crippen LogP contribution in [0.5, 0.6) is 0 Å². The summed E-state index contributed by atoms with van der Waals surface area (Å²) >= 11 is 0. The van der Waals surface area contributed by atoms with Crippen LogP contribution < -0.4 is 10.6 Å². The standard InChI is InChI=1S/C20H26N6O3/c1-3-17(27)26-10-14(12-4-5-12)15(11-26)24-16-9-23-19-18(25-16)13(8-22-19)20(28)21-6-7-29-2/h3,8-9,12,14-15H,1,4-7,10-11H2,2H3,(H,21,28)(H,22,23)(H,24,25)/t14?,15-/m1/s1. The van der Waals surface area contributed by atoms with Gasteiger partial charge >= 0.3 is 0 Å². The summed E-state index contributed by atoms with van der Waals surface area (Å²) < 4.78 is 4.96. The summed E-state index contributed by atoms with van der Waals surface area (Å²) in [6.07, 6.45) is 7.05. The second-order valence-electron chi connectivity index (χ2n) is 7.60. The van der Waals surface area contributed by atoms with Gasteiger partial charge in [0, 0.05) is 44.9 Å². The molecule has 3 N–H and O–H groups in total. The van der Waals surface area contributed by atoms with Gasteiger partial charge < -0.3 is 25.3 Å². The van der Waals surface area contributed by atoms with Crippen molar-refractivity contribution in [3.05, 3.63) is 30.6 Å². The molecule has 2 aromatic rings. The lowest BCUT2D eigenvalue weighted by Crippen LogP contribution is -2.31. The average molecular weight is 398 g/mol. The number of amides is 2. The summed E-state index contributed by atoms with van der Waals surface area (Å²) in [5.41, 5.74) is 1.52. The molecule has 1 saturated carbocycles. The number of anilines is 1. The van der Waals surface area contributed by atoms with E-state index in [-0.39, 0.29) is 17.9 Å². The first kappa shape index (κ1) is 19.4. The van der Waals surface area contributed by atoms with Crippen LogP contribution in [0.15, 0.2) is 25.0 Å². The van der Waals surface area contributed by atoms with Crippen LogP contribution in [0.1, 0.15) is 23.2 Å². The van der Waals surface area contributed by atoms with E-state index < -0.39 is 0 Å². The lowest BCUT2D eigenvalue weighted by atomic mass is 9.98. The Balaban J connectivity index is 1.51. The van der Waals surface area contributed by atoms with Crippen molar-refractivity contribution in [2.45, 2.75) is 18.9 Å². The van der Waals surface area contributed by atoms with E-state index in [4.69, 9.17) is 4.74 Å². The molecule has 2 atom stereocenters. The quantitative estimate of drug-likeness (QED) is 0.455. The average Bonchev–Trinajstić information content (AvgIpc) is 3.35. The number of hydrogen-bond acceptors (Lipinski definition) is 6. The van der Waals surface area contributed by atoms with E-state index in [1.54, 1.807) is 19.5 Å². The SMILES string of the molecule is C=CC(=O)N1CC(C2CC2)[C@H](Nc2cnc3[nH]cc(C(=O)NCCOC)c3n2)C1. The van der Waals surface area contributed by atoms with Crippen molar-refractivity contribution in [3.63, 3.8) is 0 Å². The van der Waals surface area contributed by atoms with Crippen LogP contribution in [0.4, 0.5) is 5.82 Å². The van der Waals surface area contributed by atoms with Gasteiger partial charge in [-0.2, -0.15) is 0 Å². The van der Waals surface area contributed by atoms with Crippen LogP contribution in [0.2, 0.25) is 0 Å². The van der Waals surface area contributed by atoms with Gasteiger partial charge in [-0.05, 0) is 24.8 Å². The fourth-order valence-electron chi connectivity index (χ4n) is 3.98. The number of hydrogen-bond donors (Lipinski definition) is 3. The minimum Gasteiger partial charge on any atom is -0.383 e. The first-order valence-electron chi connectivity index (χ1n) is 9.90. The molecule has 2 aliphatic rings. The van der Waals surface area contributed by atoms with Crippen LogP contribution in [0, 0.1) is 11.8 Å². The highest BCUT2D eigenvalue weighted by Gasteiger charge is 2.43. The summed E-state index contributed by atoms with van der Waals surface area (Å²) in [6.45, 7) is 5.81. The second kappa shape index (κ2) is 8.20. The summed E-state index contributed by atoms with van der Waals surface area (Å²) in [5, 5.41) is 6.25. The van der Waals surface area contributed by atoms with Gasteiger partial charge in [-0.3, -0.25) is 9.59 Å². The Morgan fingerprint density at radius 1 is 1.41 bits per heavy atom. The third-order valence-corrected chi connectivity index (χ3v) is 5.63. The van der Waals surface area contributed by atoms with E-state index in [9.17, 15) is 9.59 Å². The molecule has 4 rings (SSSR count). The molecule has 0 aromatic carbocycles. The van der Waals surface area contributed by atoms with Crippen molar-refractivity contribution in [2.24, 2.45) is 11.8 Å². The number of aromatic nitrogens is 3. The maximum absolute atomic E-state index is 12.4. The van der Waals surface area contributed by atoms with Gasteiger partial charge in [0.2, 0.25) is 5.91 Å². The zero-order valence-electron chi connectivity index (χ0n) is 16.5. The molecule has 1 unspecified atom stereocenters. The fraction of sp³-hybridized carbons (Fsp3) is 0.500. The van der Waals surface area contributed by atoms with Crippen molar-refractivity contribution in [1.29, 1.82) is 0 Å². The normalized spacial score (nSPS) is 21.3. The van der Waals surface area contributed by atoms with E-state index >= 15 is 0 Å². The van der Waals surface area contributed by atoms with Gasteiger partial charge in [0.25, 0.3) is 5.91 Å². The Morgan fingerprint density at radius 2 is 2.24 bits per heavy atom. The molecule has 9 heteroatoms. The van der Waals surface area contributed by atoms with E-state index in [2.05, 4.69) is 32.2 Å². The predicted octanol–water partition coefficient (Wildman–Crippen LogP) is 1.17. The molecular formula is C20H26N6O3. The number of carbonyl (C=O) groups excluding carboxylic acids is 2. The lowest BCUT2D eigenvalue weighted by Gasteiger charge is -2.19. The van der Waals surface area contributed by atoms with E-state index in [0.29, 0.717) is 54.1 Å². The van der Waals surface area contributed by atoms with Crippen molar-refractivity contribution in [3.8, 4) is 0 Å². The highest BCUT2D eigenvalue weighted by molar-refractivity contribution is 6.04. The number of ether oxygens (including phenoxy) is 1. The molecule has 1 aliphatic heterocycles. The zero-order valence-corrected chi connectivity index (χ0v) is 16.5. The minimum absolute atomic E-state index is 0.0397. The first-order valence-corrected chi connectivity index (χ1v) is 9.90. The number of likely N-dealkylation sites (tertiary alicyclic amines) is 1. The number of methoxy groups -OCH3 is 1. The maximum atomic E-state index is 12.4. The monoisotopic (exact) mass is 398 g/mol. The molecule has 2 aromatic heterocycles. The fourth-order valence-corrected chi connectivity index (χ4v) is 3.98. The van der Waals surface area contributed by atoms with Crippen LogP contribution in [0.3, 0.4) is 0 Å². The summed E-state index contributed by atoms with van der Waals surface area (Å²) in [4.78, 5) is 38.3. The second-order valence-corrected chi connectivity index (χ2v) is 7.60. The number of fused-ring (bicyclic) bond motifs is 1. The van der Waals surface area contributed by atoms with Gasteiger partial charge in [-0.25, -0.2) is 9.97 Å². The predicted molar refractivity (Wildman–Crippen MR) is 108 cm³/mol. The van der Waals surface area contributed by atoms with Crippen LogP contribution in [0.25, 0.3) is 11.2 Å². The molecule has 154 valence electrons. The minimum atomic E-state index is -0.223. The highest BCUT2D eigenvalue weighted by atomic mass is 16.5. The van der Waals surface area contributed by atoms with Gasteiger partial charge in [0.05, 0.1) is 18.4 Å². The van der Waals surface area contributed by atoms with Gasteiger partial charge in [0.1, 0.15) is 11.3 Å². The Bertz CT molecular complexity index is 922. The number of carbonyl (C=O) groups is 2. The number of rotatable bonds is 8. The Morgan fingerprint density at radius 3 is 2.97 bits per heavy atom. The summed E-state index contributed by atoms with van der Waals surface area (Å²) in [5.74, 6) is 1.37. The topological polar surface area (TPSA) is 112 Å². The molecule has 1 saturated heterocycles. The molecule has 3 heterocycles. The molecule has 2 fully saturated rings. The highest BCUT2D eigenvalue weighted by Crippen LogP contribution is 2.42. The van der Waals surface area contributed by atoms with Crippen molar-refractivity contribution in [2.75, 3.05) is 38.7 Å². The number of nitrogens with zero attached hydrogens (tertiary/aromatic N) is 3. The molecule has 0 radical (unpaired) electrons. The maximum Gasteiger partial charge on any atom is 0.255 e. The van der Waals surface area contributed by atoms with Crippen molar-refractivity contribution >= 4 is 28.8 Å². The molecule has 1 aliphatic carbocycles. The summed E-state index contributed by atoms with van der Waals surface area (Å²) in [6, 6.07) is 0.107. The third-order valence-electron chi connectivity index (χ3n) is 5.63. The smallest absolute Gasteiger partial charge is 0.255 e. The Labute approximate surface area is 168 Å². The Hall–Kier alpha value is -2.94. The van der Waals surface area contributed by atoms with Crippen molar-refractivity contribution in [1.82, 2.24) is 25.2 Å². The van der Waals surface area contributed by atoms with Gasteiger partial charge in [-0.1, -0.05) is 6.58 Å². The first-order chi connectivity index (χ1) is 14.1. The third kappa shape index (κ3) is 4.09. The van der Waals surface area contributed by atoms with E-state index in [0.717, 1.165) is 6.54 Å². The molecule has 9 nitrogen and oxygen atoms in total. The lowest BCUT2D eigenvalue weighted by molar-refractivity contribution is -0.125. The molecular weight excluding hydrogens is 372 g/mol. The number of nitrogens with one attached hydrogen (secondary N) is 3. The van der Waals surface area contributed by atoms with Crippen LogP contribution in [-0.2, 0) is 9.53 Å². The van der Waals surface area contributed by atoms with E-state index in [1.165, 1.54) is 18.9 Å². The molecule has 0 spiro atoms. The van der Waals surface area contributed by atoms with E-state index in [1.807, 2.05) is 4.90 Å². The van der Waals surface area contributed by atoms with Gasteiger partial charge in [0.15, 0.2) is 5.65 Å². The van der Waals surface area contributed by atoms with Crippen LogP contribution in [-0.4, -0.2) is 71.1 Å². The van der Waals surface area contributed by atoms with Crippen molar-refractivity contribution < 1.29 is 14.3 Å². The molecule has 0 bridgehead atoms. The largest absolute Gasteiger partial charge is 0.383 e. The van der Waals surface area contributed by atoms with Crippen LogP contribution >= 0.6 is 0 Å². The zero-order chi connectivity index (χ0) is 20.4. The Kier molecular flexibility index (Phi) is 5.48. The van der Waals surface area contributed by atoms with Gasteiger partial charge in [-0.15, -0.1) is 0 Å². The number of H-pyrrole nitrogens is 1. The molecule has 2 amide bonds. The number of aromatic amines is 1. The summed E-state index contributed by atoms with van der Waals surface area (Å²) in [7, 11) is 1.59. The molecule has 29 heavy (non-hydrogen) atoms.